The van der Waals surface area contributed by atoms with Gasteiger partial charge in [0.2, 0.25) is 0 Å². The van der Waals surface area contributed by atoms with Gasteiger partial charge in [-0.2, -0.15) is 0 Å². The van der Waals surface area contributed by atoms with Gasteiger partial charge < -0.3 is 15.5 Å². The van der Waals surface area contributed by atoms with Crippen molar-refractivity contribution < 1.29 is 19.2 Å². The van der Waals surface area contributed by atoms with E-state index in [1.54, 1.807) is 6.26 Å². The standard InChI is InChI=1S/C12H23NO4S/c1-9(18(2)17)7-13-8-12(16)5-3-10(4-6-12)11(14)15/h9-10,13,16H,3-8H2,1-2H3,(H,14,15). The number of carboxylic acid groups (broad SMARTS) is 1. The first-order chi connectivity index (χ1) is 8.34. The quantitative estimate of drug-likeness (QED) is 0.652. The molecular weight excluding hydrogens is 254 g/mol. The average molecular weight is 277 g/mol. The monoisotopic (exact) mass is 277 g/mol. The molecular formula is C12H23NO4S. The number of nitrogens with one attached hydrogen (secondary N) is 1. The Morgan fingerprint density at radius 1 is 1.50 bits per heavy atom. The molecule has 18 heavy (non-hydrogen) atoms. The summed E-state index contributed by atoms with van der Waals surface area (Å²) in [6, 6.07) is 0. The summed E-state index contributed by atoms with van der Waals surface area (Å²) in [6.45, 7) is 2.95. The molecule has 3 N–H and O–H groups in total. The Morgan fingerprint density at radius 2 is 2.06 bits per heavy atom. The molecule has 0 amide bonds. The third kappa shape index (κ3) is 4.66. The van der Waals surface area contributed by atoms with Gasteiger partial charge in [-0.15, -0.1) is 0 Å². The highest BCUT2D eigenvalue weighted by Crippen LogP contribution is 2.31. The van der Waals surface area contributed by atoms with E-state index in [0.717, 1.165) is 0 Å². The van der Waals surface area contributed by atoms with Gasteiger partial charge in [0.25, 0.3) is 0 Å². The Labute approximate surface area is 110 Å². The first-order valence-electron chi connectivity index (χ1n) is 6.32. The van der Waals surface area contributed by atoms with Crippen LogP contribution in [0.25, 0.3) is 0 Å². The van der Waals surface area contributed by atoms with Crippen molar-refractivity contribution in [3.05, 3.63) is 0 Å². The molecule has 0 aromatic carbocycles. The van der Waals surface area contributed by atoms with Crippen LogP contribution in [-0.2, 0) is 15.6 Å². The van der Waals surface area contributed by atoms with Gasteiger partial charge >= 0.3 is 5.97 Å². The number of carbonyl (C=O) groups is 1. The lowest BCUT2D eigenvalue weighted by Crippen LogP contribution is -2.46. The van der Waals surface area contributed by atoms with Gasteiger partial charge in [0.05, 0.1) is 11.5 Å². The van der Waals surface area contributed by atoms with E-state index in [1.165, 1.54) is 0 Å². The van der Waals surface area contributed by atoms with Gasteiger partial charge in [0.15, 0.2) is 0 Å². The molecule has 106 valence electrons. The number of aliphatic carboxylic acids is 1. The Kier molecular flexibility index (Phi) is 5.75. The van der Waals surface area contributed by atoms with E-state index in [1.807, 2.05) is 6.92 Å². The summed E-state index contributed by atoms with van der Waals surface area (Å²) in [5, 5.41) is 22.4. The van der Waals surface area contributed by atoms with Gasteiger partial charge in [-0.25, -0.2) is 0 Å². The summed E-state index contributed by atoms with van der Waals surface area (Å²) >= 11 is 0. The summed E-state index contributed by atoms with van der Waals surface area (Å²) in [4.78, 5) is 10.8. The van der Waals surface area contributed by atoms with Gasteiger partial charge in [-0.3, -0.25) is 9.00 Å². The minimum atomic E-state index is -0.864. The molecule has 0 aromatic heterocycles. The van der Waals surface area contributed by atoms with Crippen molar-refractivity contribution in [1.29, 1.82) is 0 Å². The summed E-state index contributed by atoms with van der Waals surface area (Å²) < 4.78 is 11.2. The molecule has 2 unspecified atom stereocenters. The van der Waals surface area contributed by atoms with Crippen molar-refractivity contribution in [3.8, 4) is 0 Å². The highest BCUT2D eigenvalue weighted by Gasteiger charge is 2.35. The third-order valence-electron chi connectivity index (χ3n) is 3.72. The predicted octanol–water partition coefficient (Wildman–Crippen LogP) is 0.349. The van der Waals surface area contributed by atoms with Gasteiger partial charge in [-0.1, -0.05) is 0 Å². The second kappa shape index (κ2) is 6.63. The van der Waals surface area contributed by atoms with E-state index in [9.17, 15) is 14.1 Å². The summed E-state index contributed by atoms with van der Waals surface area (Å²) in [7, 11) is -0.864. The number of rotatable bonds is 6. The van der Waals surface area contributed by atoms with Crippen molar-refractivity contribution >= 4 is 16.8 Å². The maximum Gasteiger partial charge on any atom is 0.306 e. The van der Waals surface area contributed by atoms with Crippen LogP contribution in [0, 0.1) is 5.92 Å². The molecule has 6 heteroatoms. The van der Waals surface area contributed by atoms with Crippen LogP contribution in [0.1, 0.15) is 32.6 Å². The first kappa shape index (κ1) is 15.6. The van der Waals surface area contributed by atoms with Crippen molar-refractivity contribution in [2.45, 2.75) is 43.5 Å². The maximum absolute atomic E-state index is 11.2. The second-order valence-corrected chi connectivity index (χ2v) is 7.08. The lowest BCUT2D eigenvalue weighted by molar-refractivity contribution is -0.144. The van der Waals surface area contributed by atoms with E-state index in [4.69, 9.17) is 5.11 Å². The average Bonchev–Trinajstić information content (AvgIpc) is 2.29. The van der Waals surface area contributed by atoms with Crippen molar-refractivity contribution in [2.24, 2.45) is 5.92 Å². The Balaban J connectivity index is 2.30. The number of aliphatic hydroxyl groups is 1. The van der Waals surface area contributed by atoms with Crippen LogP contribution >= 0.6 is 0 Å². The fourth-order valence-corrected chi connectivity index (χ4v) is 2.56. The van der Waals surface area contributed by atoms with Gasteiger partial charge in [-0.05, 0) is 32.6 Å². The SMILES string of the molecule is CC(CNCC1(O)CCC(C(=O)O)CC1)S(C)=O. The van der Waals surface area contributed by atoms with Crippen molar-refractivity contribution in [2.75, 3.05) is 19.3 Å². The zero-order valence-electron chi connectivity index (χ0n) is 11.0. The van der Waals surface area contributed by atoms with E-state index >= 15 is 0 Å². The smallest absolute Gasteiger partial charge is 0.306 e. The summed E-state index contributed by atoms with van der Waals surface area (Å²) in [5.41, 5.74) is -0.805. The molecule has 5 nitrogen and oxygen atoms in total. The molecule has 0 aliphatic heterocycles. The molecule has 0 radical (unpaired) electrons. The zero-order valence-corrected chi connectivity index (χ0v) is 11.8. The highest BCUT2D eigenvalue weighted by molar-refractivity contribution is 7.84. The highest BCUT2D eigenvalue weighted by atomic mass is 32.2. The molecule has 1 fully saturated rings. The normalized spacial score (nSPS) is 31.8. The fraction of sp³-hybridized carbons (Fsp3) is 0.917. The lowest BCUT2D eigenvalue weighted by Gasteiger charge is -2.35. The molecule has 1 aliphatic carbocycles. The van der Waals surface area contributed by atoms with Crippen molar-refractivity contribution in [1.82, 2.24) is 5.32 Å². The second-order valence-electron chi connectivity index (χ2n) is 5.28. The van der Waals surface area contributed by atoms with Crippen LogP contribution in [-0.4, -0.2) is 50.6 Å². The molecule has 0 aromatic rings. The van der Waals surface area contributed by atoms with Crippen LogP contribution < -0.4 is 5.32 Å². The summed E-state index contributed by atoms with van der Waals surface area (Å²) in [6.07, 6.45) is 3.76. The predicted molar refractivity (Wildman–Crippen MR) is 70.9 cm³/mol. The summed E-state index contributed by atoms with van der Waals surface area (Å²) in [5.74, 6) is -1.08. The van der Waals surface area contributed by atoms with Crippen LogP contribution in [0.5, 0.6) is 0 Å². The van der Waals surface area contributed by atoms with Crippen LogP contribution in [0.15, 0.2) is 0 Å². The largest absolute Gasteiger partial charge is 0.481 e. The number of hydrogen-bond donors (Lipinski definition) is 3. The Bertz CT molecular complexity index is 313. The Hall–Kier alpha value is -0.460. The first-order valence-corrected chi connectivity index (χ1v) is 7.94. The Morgan fingerprint density at radius 3 is 2.50 bits per heavy atom. The molecule has 1 rings (SSSR count). The molecule has 1 aliphatic rings. The van der Waals surface area contributed by atoms with Crippen LogP contribution in [0.4, 0.5) is 0 Å². The molecule has 0 saturated heterocycles. The minimum absolute atomic E-state index is 0.0592. The lowest BCUT2D eigenvalue weighted by atomic mass is 9.79. The topological polar surface area (TPSA) is 86.6 Å². The van der Waals surface area contributed by atoms with Gasteiger partial charge in [0, 0.05) is 35.4 Å². The molecule has 1 saturated carbocycles. The van der Waals surface area contributed by atoms with E-state index < -0.39 is 22.4 Å². The minimum Gasteiger partial charge on any atom is -0.481 e. The van der Waals surface area contributed by atoms with E-state index in [0.29, 0.717) is 38.8 Å². The number of carboxylic acids is 1. The van der Waals surface area contributed by atoms with E-state index in [2.05, 4.69) is 5.32 Å². The third-order valence-corrected chi connectivity index (χ3v) is 5.02. The zero-order chi connectivity index (χ0) is 13.8. The number of hydrogen-bond acceptors (Lipinski definition) is 4. The molecule has 0 bridgehead atoms. The van der Waals surface area contributed by atoms with E-state index in [-0.39, 0.29) is 11.2 Å². The van der Waals surface area contributed by atoms with Crippen molar-refractivity contribution in [3.63, 3.8) is 0 Å². The van der Waals surface area contributed by atoms with Gasteiger partial charge in [0.1, 0.15) is 0 Å². The maximum atomic E-state index is 11.2. The van der Waals surface area contributed by atoms with Crippen LogP contribution in [0.2, 0.25) is 0 Å². The fourth-order valence-electron chi connectivity index (χ4n) is 2.20. The molecule has 2 atom stereocenters. The van der Waals surface area contributed by atoms with Crippen LogP contribution in [0.3, 0.4) is 0 Å². The molecule has 0 heterocycles. The molecule has 0 spiro atoms.